The predicted molar refractivity (Wildman–Crippen MR) is 42.4 cm³/mol. The molecule has 14 heavy (non-hydrogen) atoms. The SMILES string of the molecule is [2H]C([2H])([2H])Oc1cc(C(F)(F)F)c(F)cc1N. The Labute approximate surface area is 81.5 Å². The summed E-state index contributed by atoms with van der Waals surface area (Å²) in [5.74, 6) is -2.33. The normalized spacial score (nSPS) is 15.6. The maximum Gasteiger partial charge on any atom is 0.419 e. The van der Waals surface area contributed by atoms with E-state index in [1.165, 1.54) is 0 Å². The predicted octanol–water partition coefficient (Wildman–Crippen LogP) is 2.44. The molecule has 0 aliphatic carbocycles. The lowest BCUT2D eigenvalue weighted by Crippen LogP contribution is -2.09. The fraction of sp³-hybridized carbons (Fsp3) is 0.250. The van der Waals surface area contributed by atoms with Crippen molar-refractivity contribution < 1.29 is 26.4 Å². The molecule has 0 aliphatic heterocycles. The number of nitrogen functional groups attached to an aromatic ring is 1. The van der Waals surface area contributed by atoms with E-state index in [2.05, 4.69) is 4.74 Å². The summed E-state index contributed by atoms with van der Waals surface area (Å²) in [5, 5.41) is 0. The van der Waals surface area contributed by atoms with Gasteiger partial charge in [-0.05, 0) is 6.07 Å². The van der Waals surface area contributed by atoms with Gasteiger partial charge in [0.15, 0.2) is 0 Å². The van der Waals surface area contributed by atoms with Crippen LogP contribution in [-0.2, 0) is 6.18 Å². The lowest BCUT2D eigenvalue weighted by Gasteiger charge is -2.11. The van der Waals surface area contributed by atoms with Gasteiger partial charge in [0.25, 0.3) is 0 Å². The molecule has 0 saturated heterocycles. The van der Waals surface area contributed by atoms with E-state index in [0.717, 1.165) is 0 Å². The third-order valence-corrected chi connectivity index (χ3v) is 1.51. The van der Waals surface area contributed by atoms with Crippen molar-refractivity contribution >= 4 is 5.69 Å². The smallest absolute Gasteiger partial charge is 0.419 e. The highest BCUT2D eigenvalue weighted by Gasteiger charge is 2.35. The Balaban J connectivity index is 3.25. The number of alkyl halides is 3. The number of hydrogen-bond donors (Lipinski definition) is 1. The van der Waals surface area contributed by atoms with Crippen LogP contribution in [0.25, 0.3) is 0 Å². The third-order valence-electron chi connectivity index (χ3n) is 1.51. The largest absolute Gasteiger partial charge is 0.495 e. The van der Waals surface area contributed by atoms with Crippen molar-refractivity contribution in [1.82, 2.24) is 0 Å². The first-order valence-electron chi connectivity index (χ1n) is 4.86. The highest BCUT2D eigenvalue weighted by atomic mass is 19.4. The van der Waals surface area contributed by atoms with Crippen LogP contribution in [0.3, 0.4) is 0 Å². The highest BCUT2D eigenvalue weighted by Crippen LogP contribution is 2.36. The molecule has 1 aromatic carbocycles. The van der Waals surface area contributed by atoms with Crippen molar-refractivity contribution in [2.75, 3.05) is 12.8 Å². The van der Waals surface area contributed by atoms with Crippen LogP contribution in [-0.4, -0.2) is 7.04 Å². The Morgan fingerprint density at radius 3 is 2.57 bits per heavy atom. The number of hydrogen-bond acceptors (Lipinski definition) is 2. The summed E-state index contributed by atoms with van der Waals surface area (Å²) in [5.41, 5.74) is 3.00. The molecule has 0 amide bonds. The van der Waals surface area contributed by atoms with Gasteiger partial charge in [-0.15, -0.1) is 0 Å². The van der Waals surface area contributed by atoms with E-state index in [1.807, 2.05) is 0 Å². The second-order valence-electron chi connectivity index (χ2n) is 2.47. The van der Waals surface area contributed by atoms with Crippen LogP contribution in [0.4, 0.5) is 23.2 Å². The lowest BCUT2D eigenvalue weighted by atomic mass is 10.1. The second kappa shape index (κ2) is 3.36. The first-order chi connectivity index (χ1) is 7.50. The second-order valence-corrected chi connectivity index (χ2v) is 2.47. The summed E-state index contributed by atoms with van der Waals surface area (Å²) < 4.78 is 74.3. The van der Waals surface area contributed by atoms with Crippen molar-refractivity contribution in [3.8, 4) is 5.75 Å². The van der Waals surface area contributed by atoms with Crippen LogP contribution in [0.2, 0.25) is 0 Å². The summed E-state index contributed by atoms with van der Waals surface area (Å²) in [6, 6.07) is 0.584. The van der Waals surface area contributed by atoms with Gasteiger partial charge in [-0.1, -0.05) is 0 Å². The number of rotatable bonds is 1. The van der Waals surface area contributed by atoms with Gasteiger partial charge < -0.3 is 10.5 Å². The molecule has 0 aromatic heterocycles. The first-order valence-corrected chi connectivity index (χ1v) is 3.36. The van der Waals surface area contributed by atoms with Crippen LogP contribution < -0.4 is 10.5 Å². The van der Waals surface area contributed by atoms with Gasteiger partial charge in [-0.2, -0.15) is 13.2 Å². The quantitative estimate of drug-likeness (QED) is 0.573. The molecule has 1 aromatic rings. The summed E-state index contributed by atoms with van der Waals surface area (Å²) in [6.07, 6.45) is -4.95. The van der Waals surface area contributed by atoms with Crippen LogP contribution in [0.1, 0.15) is 9.68 Å². The number of methoxy groups -OCH3 is 1. The number of ether oxygens (including phenoxy) is 1. The van der Waals surface area contributed by atoms with Crippen molar-refractivity contribution in [3.63, 3.8) is 0 Å². The van der Waals surface area contributed by atoms with E-state index >= 15 is 0 Å². The summed E-state index contributed by atoms with van der Waals surface area (Å²) in [6.45, 7) is 0. The number of nitrogens with two attached hydrogens (primary N) is 1. The van der Waals surface area contributed by atoms with Crippen molar-refractivity contribution in [1.29, 1.82) is 0 Å². The Hall–Kier alpha value is -1.46. The minimum atomic E-state index is -4.95. The molecule has 0 atom stereocenters. The fourth-order valence-corrected chi connectivity index (χ4v) is 0.874. The zero-order chi connectivity index (χ0) is 13.4. The average Bonchev–Trinajstić information content (AvgIpc) is 2.05. The molecule has 0 bridgehead atoms. The van der Waals surface area contributed by atoms with Crippen molar-refractivity contribution in [3.05, 3.63) is 23.5 Å². The van der Waals surface area contributed by atoms with E-state index in [1.54, 1.807) is 0 Å². The Morgan fingerprint density at radius 1 is 1.43 bits per heavy atom. The van der Waals surface area contributed by atoms with Crippen LogP contribution in [0.15, 0.2) is 12.1 Å². The molecule has 0 heterocycles. The summed E-state index contributed by atoms with van der Waals surface area (Å²) in [4.78, 5) is 0. The maximum atomic E-state index is 13.0. The van der Waals surface area contributed by atoms with Crippen molar-refractivity contribution in [2.45, 2.75) is 6.18 Å². The standard InChI is InChI=1S/C8H7F4NO/c1-14-7-2-4(8(10,11)12)5(9)3-6(7)13/h2-3H,13H2,1H3/i1D3. The molecule has 0 spiro atoms. The van der Waals surface area contributed by atoms with Gasteiger partial charge in [0.2, 0.25) is 0 Å². The molecule has 2 nitrogen and oxygen atoms in total. The van der Waals surface area contributed by atoms with E-state index in [-0.39, 0.29) is 6.07 Å². The monoisotopic (exact) mass is 212 g/mol. The van der Waals surface area contributed by atoms with Crippen LogP contribution in [0, 0.1) is 5.82 Å². The molecule has 0 unspecified atom stereocenters. The molecule has 1 rings (SSSR count). The topological polar surface area (TPSA) is 35.2 Å². The molecule has 0 saturated carbocycles. The molecule has 78 valence electrons. The number of anilines is 1. The molecule has 0 radical (unpaired) electrons. The minimum Gasteiger partial charge on any atom is -0.495 e. The Morgan fingerprint density at radius 2 is 2.07 bits per heavy atom. The Kier molecular flexibility index (Phi) is 1.66. The molecule has 2 N–H and O–H groups in total. The number of benzene rings is 1. The van der Waals surface area contributed by atoms with Gasteiger partial charge in [0.05, 0.1) is 22.4 Å². The van der Waals surface area contributed by atoms with Gasteiger partial charge >= 0.3 is 6.18 Å². The van der Waals surface area contributed by atoms with Crippen molar-refractivity contribution in [2.24, 2.45) is 0 Å². The van der Waals surface area contributed by atoms with Gasteiger partial charge in [-0.25, -0.2) is 4.39 Å². The summed E-state index contributed by atoms with van der Waals surface area (Å²) in [7, 11) is -2.96. The summed E-state index contributed by atoms with van der Waals surface area (Å²) >= 11 is 0. The fourth-order valence-electron chi connectivity index (χ4n) is 0.874. The van der Waals surface area contributed by atoms with E-state index in [4.69, 9.17) is 9.85 Å². The third kappa shape index (κ3) is 1.89. The zero-order valence-corrected chi connectivity index (χ0v) is 6.65. The van der Waals surface area contributed by atoms with Crippen LogP contribution in [0.5, 0.6) is 5.75 Å². The Bertz CT molecular complexity index is 430. The molecule has 0 aliphatic rings. The average molecular weight is 212 g/mol. The van der Waals surface area contributed by atoms with Gasteiger partial charge in [0, 0.05) is 6.07 Å². The van der Waals surface area contributed by atoms with Gasteiger partial charge in [0.1, 0.15) is 11.6 Å². The first kappa shape index (κ1) is 6.92. The lowest BCUT2D eigenvalue weighted by molar-refractivity contribution is -0.140. The molecular weight excluding hydrogens is 202 g/mol. The molecular formula is C8H7F4NO. The maximum absolute atomic E-state index is 13.0. The molecule has 0 fully saturated rings. The highest BCUT2D eigenvalue weighted by molar-refractivity contribution is 5.54. The molecule has 6 heteroatoms. The minimum absolute atomic E-state index is 0.219. The van der Waals surface area contributed by atoms with Gasteiger partial charge in [-0.3, -0.25) is 0 Å². The van der Waals surface area contributed by atoms with E-state index < -0.39 is 36.0 Å². The van der Waals surface area contributed by atoms with E-state index in [0.29, 0.717) is 6.07 Å². The van der Waals surface area contributed by atoms with E-state index in [9.17, 15) is 17.6 Å². The van der Waals surface area contributed by atoms with Crippen LogP contribution >= 0.6 is 0 Å². The zero-order valence-electron chi connectivity index (χ0n) is 9.65. The number of halogens is 4.